The lowest BCUT2D eigenvalue weighted by atomic mass is 9.92. The SMILES string of the molecule is CNC(C)(C(=O)NC=O)C(O)c1ccc(-c2ccc(C(F)(F)F)cc2Cl)o1. The number of imide groups is 1. The predicted octanol–water partition coefficient (Wildman–Crippen LogP) is 2.90. The molecule has 27 heavy (non-hydrogen) atoms. The average Bonchev–Trinajstić information content (AvgIpc) is 3.09. The highest BCUT2D eigenvalue weighted by molar-refractivity contribution is 6.33. The van der Waals surface area contributed by atoms with Gasteiger partial charge < -0.3 is 14.8 Å². The van der Waals surface area contributed by atoms with Gasteiger partial charge in [-0.25, -0.2) is 0 Å². The maximum absolute atomic E-state index is 12.7. The Bertz CT molecular complexity index is 853. The van der Waals surface area contributed by atoms with Gasteiger partial charge in [-0.05, 0) is 44.3 Å². The second-order valence-corrected chi connectivity index (χ2v) is 6.25. The largest absolute Gasteiger partial charge is 0.458 e. The number of hydrogen-bond acceptors (Lipinski definition) is 5. The van der Waals surface area contributed by atoms with Gasteiger partial charge in [-0.3, -0.25) is 14.9 Å². The van der Waals surface area contributed by atoms with Crippen LogP contribution in [-0.2, 0) is 15.8 Å². The number of furan rings is 1. The highest BCUT2D eigenvalue weighted by Gasteiger charge is 2.42. The zero-order chi connectivity index (χ0) is 20.4. The van der Waals surface area contributed by atoms with Gasteiger partial charge in [0.15, 0.2) is 0 Å². The monoisotopic (exact) mass is 404 g/mol. The molecule has 6 nitrogen and oxygen atoms in total. The number of alkyl halides is 3. The second kappa shape index (κ2) is 7.71. The van der Waals surface area contributed by atoms with Gasteiger partial charge in [-0.1, -0.05) is 11.6 Å². The summed E-state index contributed by atoms with van der Waals surface area (Å²) in [7, 11) is 1.41. The van der Waals surface area contributed by atoms with Crippen molar-refractivity contribution in [3.8, 4) is 11.3 Å². The van der Waals surface area contributed by atoms with Crippen LogP contribution in [0.15, 0.2) is 34.7 Å². The molecule has 0 aliphatic heterocycles. The number of amides is 2. The summed E-state index contributed by atoms with van der Waals surface area (Å²) >= 11 is 5.93. The maximum atomic E-state index is 12.7. The molecule has 0 radical (unpaired) electrons. The van der Waals surface area contributed by atoms with Crippen molar-refractivity contribution in [1.29, 1.82) is 0 Å². The third-order valence-electron chi connectivity index (χ3n) is 4.19. The van der Waals surface area contributed by atoms with E-state index in [1.165, 1.54) is 26.1 Å². The number of benzene rings is 1. The first-order valence-electron chi connectivity index (χ1n) is 7.63. The first kappa shape index (κ1) is 20.9. The summed E-state index contributed by atoms with van der Waals surface area (Å²) in [4.78, 5) is 22.5. The number of aliphatic hydroxyl groups excluding tert-OH is 1. The van der Waals surface area contributed by atoms with Crippen molar-refractivity contribution in [2.45, 2.75) is 24.7 Å². The van der Waals surface area contributed by atoms with E-state index in [1.807, 2.05) is 5.32 Å². The standard InChI is InChI=1S/C17H16ClF3N2O4/c1-16(22-2,15(26)23-8-24)14(25)13-6-5-12(27-13)10-4-3-9(7-11(10)18)17(19,20)21/h3-8,14,22,25H,1-2H3,(H,23,24,26). The summed E-state index contributed by atoms with van der Waals surface area (Å²) in [6.07, 6.45) is -5.85. The third-order valence-corrected chi connectivity index (χ3v) is 4.50. The quantitative estimate of drug-likeness (QED) is 0.644. The van der Waals surface area contributed by atoms with Crippen molar-refractivity contribution in [2.75, 3.05) is 7.05 Å². The summed E-state index contributed by atoms with van der Waals surface area (Å²) in [5, 5.41) is 14.9. The molecular formula is C17H16ClF3N2O4. The van der Waals surface area contributed by atoms with Gasteiger partial charge in [-0.2, -0.15) is 13.2 Å². The van der Waals surface area contributed by atoms with Crippen molar-refractivity contribution in [1.82, 2.24) is 10.6 Å². The first-order valence-corrected chi connectivity index (χ1v) is 8.00. The average molecular weight is 405 g/mol. The van der Waals surface area contributed by atoms with Crippen molar-refractivity contribution in [3.05, 3.63) is 46.7 Å². The molecule has 2 rings (SSSR count). The Labute approximate surface area is 157 Å². The molecule has 146 valence electrons. The van der Waals surface area contributed by atoms with Crippen LogP contribution in [0.4, 0.5) is 13.2 Å². The van der Waals surface area contributed by atoms with Crippen LogP contribution >= 0.6 is 11.6 Å². The molecule has 0 saturated heterocycles. The lowest BCUT2D eigenvalue weighted by Gasteiger charge is -2.30. The molecule has 0 spiro atoms. The molecule has 10 heteroatoms. The van der Waals surface area contributed by atoms with E-state index in [-0.39, 0.29) is 28.5 Å². The fourth-order valence-corrected chi connectivity index (χ4v) is 2.67. The van der Waals surface area contributed by atoms with Gasteiger partial charge >= 0.3 is 6.18 Å². The second-order valence-electron chi connectivity index (χ2n) is 5.84. The minimum Gasteiger partial charge on any atom is -0.458 e. The van der Waals surface area contributed by atoms with Crippen LogP contribution in [0.25, 0.3) is 11.3 Å². The lowest BCUT2D eigenvalue weighted by molar-refractivity contribution is -0.137. The summed E-state index contributed by atoms with van der Waals surface area (Å²) in [5.74, 6) is -0.728. The number of likely N-dealkylation sites (N-methyl/N-ethyl adjacent to an activating group) is 1. The lowest BCUT2D eigenvalue weighted by Crippen LogP contribution is -2.57. The Morgan fingerprint density at radius 2 is 1.96 bits per heavy atom. The molecule has 1 aromatic heterocycles. The Hall–Kier alpha value is -2.36. The van der Waals surface area contributed by atoms with Crippen molar-refractivity contribution >= 4 is 23.9 Å². The Morgan fingerprint density at radius 1 is 1.30 bits per heavy atom. The van der Waals surface area contributed by atoms with E-state index in [0.29, 0.717) is 0 Å². The van der Waals surface area contributed by atoms with Crippen LogP contribution in [0, 0.1) is 0 Å². The normalized spacial score (nSPS) is 15.1. The summed E-state index contributed by atoms with van der Waals surface area (Å²) in [5.41, 5.74) is -2.32. The van der Waals surface area contributed by atoms with Gasteiger partial charge in [-0.15, -0.1) is 0 Å². The van der Waals surface area contributed by atoms with Crippen LogP contribution < -0.4 is 10.6 Å². The van der Waals surface area contributed by atoms with Gasteiger partial charge in [0.1, 0.15) is 23.2 Å². The van der Waals surface area contributed by atoms with Crippen LogP contribution in [0.2, 0.25) is 5.02 Å². The summed E-state index contributed by atoms with van der Waals surface area (Å²) in [6, 6.07) is 5.54. The molecule has 0 aliphatic carbocycles. The predicted molar refractivity (Wildman–Crippen MR) is 90.8 cm³/mol. The van der Waals surface area contributed by atoms with Crippen LogP contribution in [0.1, 0.15) is 24.4 Å². The highest BCUT2D eigenvalue weighted by atomic mass is 35.5. The molecule has 2 amide bonds. The Kier molecular flexibility index (Phi) is 5.98. The molecular weight excluding hydrogens is 389 g/mol. The number of carbonyl (C=O) groups is 2. The molecule has 0 aliphatic rings. The smallest absolute Gasteiger partial charge is 0.416 e. The van der Waals surface area contributed by atoms with Crippen molar-refractivity contribution in [2.24, 2.45) is 0 Å². The van der Waals surface area contributed by atoms with E-state index in [4.69, 9.17) is 16.0 Å². The molecule has 1 aromatic carbocycles. The molecule has 3 N–H and O–H groups in total. The van der Waals surface area contributed by atoms with Crippen molar-refractivity contribution < 1.29 is 32.3 Å². The van der Waals surface area contributed by atoms with Gasteiger partial charge in [0.05, 0.1) is 10.6 Å². The topological polar surface area (TPSA) is 91.6 Å². The maximum Gasteiger partial charge on any atom is 0.416 e. The number of nitrogens with one attached hydrogen (secondary N) is 2. The molecule has 2 unspecified atom stereocenters. The van der Waals surface area contributed by atoms with E-state index in [1.54, 1.807) is 0 Å². The van der Waals surface area contributed by atoms with Gasteiger partial charge in [0.25, 0.3) is 0 Å². The minimum atomic E-state index is -4.53. The van der Waals surface area contributed by atoms with E-state index in [0.717, 1.165) is 18.2 Å². The third kappa shape index (κ3) is 4.15. The van der Waals surface area contributed by atoms with Crippen LogP contribution in [0.3, 0.4) is 0 Å². The van der Waals surface area contributed by atoms with Gasteiger partial charge in [0, 0.05) is 5.56 Å². The van der Waals surface area contributed by atoms with E-state index >= 15 is 0 Å². The highest BCUT2D eigenvalue weighted by Crippen LogP contribution is 2.37. The number of carbonyl (C=O) groups excluding carboxylic acids is 2. The molecule has 1 heterocycles. The van der Waals surface area contributed by atoms with Crippen LogP contribution in [-0.4, -0.2) is 30.0 Å². The summed E-state index contributed by atoms with van der Waals surface area (Å²) < 4.78 is 43.7. The number of aliphatic hydroxyl groups is 1. The minimum absolute atomic E-state index is 0.0427. The van der Waals surface area contributed by atoms with E-state index in [9.17, 15) is 27.9 Å². The molecule has 2 aromatic rings. The first-order chi connectivity index (χ1) is 12.5. The molecule has 0 saturated carbocycles. The van der Waals surface area contributed by atoms with E-state index < -0.39 is 29.3 Å². The summed E-state index contributed by atoms with van der Waals surface area (Å²) in [6.45, 7) is 1.35. The molecule has 0 fully saturated rings. The molecule has 2 atom stereocenters. The Balaban J connectivity index is 2.36. The number of hydrogen-bond donors (Lipinski definition) is 3. The molecule has 0 bridgehead atoms. The number of halogens is 4. The fraction of sp³-hybridized carbons (Fsp3) is 0.294. The fourth-order valence-electron chi connectivity index (χ4n) is 2.40. The van der Waals surface area contributed by atoms with Crippen LogP contribution in [0.5, 0.6) is 0 Å². The zero-order valence-electron chi connectivity index (χ0n) is 14.2. The number of rotatable bonds is 6. The van der Waals surface area contributed by atoms with Crippen molar-refractivity contribution in [3.63, 3.8) is 0 Å². The zero-order valence-corrected chi connectivity index (χ0v) is 15.0. The Morgan fingerprint density at radius 3 is 2.48 bits per heavy atom. The van der Waals surface area contributed by atoms with Gasteiger partial charge in [0.2, 0.25) is 12.3 Å². The van der Waals surface area contributed by atoms with E-state index in [2.05, 4.69) is 5.32 Å².